The fourth-order valence-electron chi connectivity index (χ4n) is 2.52. The van der Waals surface area contributed by atoms with E-state index in [9.17, 15) is 4.79 Å². The number of ether oxygens (including phenoxy) is 1. The minimum Gasteiger partial charge on any atom is -0.463 e. The zero-order valence-electron chi connectivity index (χ0n) is 11.6. The van der Waals surface area contributed by atoms with Crippen LogP contribution < -0.4 is 5.32 Å². The van der Waals surface area contributed by atoms with E-state index in [0.717, 1.165) is 18.7 Å². The Labute approximate surface area is 113 Å². The molecule has 0 aromatic carbocycles. The van der Waals surface area contributed by atoms with Gasteiger partial charge in [0, 0.05) is 18.7 Å². The summed E-state index contributed by atoms with van der Waals surface area (Å²) in [6.45, 7) is 7.31. The number of esters is 1. The van der Waals surface area contributed by atoms with Crippen LogP contribution in [0.1, 0.15) is 29.5 Å². The van der Waals surface area contributed by atoms with Crippen LogP contribution in [0.2, 0.25) is 0 Å². The van der Waals surface area contributed by atoms with E-state index in [1.807, 2.05) is 6.07 Å². The van der Waals surface area contributed by atoms with Crippen molar-refractivity contribution in [2.75, 3.05) is 33.3 Å². The topological polar surface area (TPSA) is 54.7 Å². The van der Waals surface area contributed by atoms with Crippen molar-refractivity contribution in [3.8, 4) is 0 Å². The first-order valence-electron chi connectivity index (χ1n) is 6.82. The molecule has 1 atom stereocenters. The molecule has 0 radical (unpaired) electrons. The maximum atomic E-state index is 11.4. The smallest absolute Gasteiger partial charge is 0.374 e. The van der Waals surface area contributed by atoms with Gasteiger partial charge in [-0.15, -0.1) is 0 Å². The van der Waals surface area contributed by atoms with Gasteiger partial charge in [-0.25, -0.2) is 4.79 Å². The molecule has 1 unspecified atom stereocenters. The van der Waals surface area contributed by atoms with Gasteiger partial charge in [0.05, 0.1) is 13.4 Å². The Morgan fingerprint density at radius 3 is 3.16 bits per heavy atom. The van der Waals surface area contributed by atoms with E-state index < -0.39 is 5.97 Å². The van der Waals surface area contributed by atoms with Crippen molar-refractivity contribution in [2.24, 2.45) is 5.92 Å². The number of carbonyl (C=O) groups excluding carboxylic acids is 1. The summed E-state index contributed by atoms with van der Waals surface area (Å²) in [4.78, 5) is 13.9. The van der Waals surface area contributed by atoms with Crippen molar-refractivity contribution in [1.82, 2.24) is 10.2 Å². The molecule has 19 heavy (non-hydrogen) atoms. The van der Waals surface area contributed by atoms with E-state index in [0.29, 0.717) is 18.2 Å². The summed E-state index contributed by atoms with van der Waals surface area (Å²) < 4.78 is 9.83. The minimum absolute atomic E-state index is 0.302. The molecule has 0 saturated carbocycles. The van der Waals surface area contributed by atoms with Gasteiger partial charge >= 0.3 is 5.97 Å². The molecule has 1 N–H and O–H groups in total. The van der Waals surface area contributed by atoms with Crippen molar-refractivity contribution in [2.45, 2.75) is 19.9 Å². The van der Waals surface area contributed by atoms with Gasteiger partial charge in [-0.2, -0.15) is 0 Å². The van der Waals surface area contributed by atoms with Gasteiger partial charge in [0.1, 0.15) is 0 Å². The predicted octanol–water partition coefficient (Wildman–Crippen LogP) is 1.50. The van der Waals surface area contributed by atoms with Crippen LogP contribution in [0.15, 0.2) is 16.7 Å². The number of hydrogen-bond donors (Lipinski definition) is 1. The molecule has 1 aromatic heterocycles. The highest BCUT2D eigenvalue weighted by atomic mass is 16.5. The molecule has 1 aliphatic rings. The van der Waals surface area contributed by atoms with Crippen molar-refractivity contribution in [3.05, 3.63) is 23.7 Å². The Balaban J connectivity index is 1.77. The minimum atomic E-state index is -0.417. The number of hydrogen-bond acceptors (Lipinski definition) is 5. The molecule has 2 rings (SSSR count). The number of nitrogens with one attached hydrogen (secondary N) is 1. The molecule has 1 aliphatic heterocycles. The van der Waals surface area contributed by atoms with E-state index in [4.69, 9.17) is 4.42 Å². The Morgan fingerprint density at radius 1 is 1.63 bits per heavy atom. The van der Waals surface area contributed by atoms with Crippen LogP contribution in [0.25, 0.3) is 0 Å². The Hall–Kier alpha value is -1.33. The third-order valence-electron chi connectivity index (χ3n) is 3.68. The Bertz CT molecular complexity index is 417. The molecule has 0 spiro atoms. The number of rotatable bonds is 6. The second-order valence-electron chi connectivity index (χ2n) is 4.95. The maximum absolute atomic E-state index is 11.4. The summed E-state index contributed by atoms with van der Waals surface area (Å²) in [6, 6.07) is 1.81. The van der Waals surface area contributed by atoms with Gasteiger partial charge in [0.15, 0.2) is 0 Å². The molecular formula is C14H22N2O3. The Morgan fingerprint density at radius 2 is 2.47 bits per heavy atom. The first kappa shape index (κ1) is 14.1. The van der Waals surface area contributed by atoms with Crippen LogP contribution >= 0.6 is 0 Å². The molecule has 106 valence electrons. The number of nitrogens with zero attached hydrogens (tertiary/aromatic N) is 1. The second-order valence-corrected chi connectivity index (χ2v) is 4.95. The molecule has 0 aliphatic carbocycles. The summed E-state index contributed by atoms with van der Waals surface area (Å²) in [6.07, 6.45) is 2.77. The van der Waals surface area contributed by atoms with Crippen molar-refractivity contribution < 1.29 is 13.9 Å². The predicted molar refractivity (Wildman–Crippen MR) is 72.0 cm³/mol. The number of carbonyl (C=O) groups is 1. The van der Waals surface area contributed by atoms with Crippen molar-refractivity contribution in [1.29, 1.82) is 0 Å². The summed E-state index contributed by atoms with van der Waals surface area (Å²) in [5, 5.41) is 3.40. The van der Waals surface area contributed by atoms with Crippen molar-refractivity contribution >= 4 is 5.97 Å². The molecule has 0 amide bonds. The summed E-state index contributed by atoms with van der Waals surface area (Å²) in [5.74, 6) is 0.588. The van der Waals surface area contributed by atoms with E-state index in [-0.39, 0.29) is 0 Å². The average molecular weight is 266 g/mol. The lowest BCUT2D eigenvalue weighted by molar-refractivity contribution is 0.0563. The molecular weight excluding hydrogens is 244 g/mol. The van der Waals surface area contributed by atoms with Gasteiger partial charge < -0.3 is 19.4 Å². The standard InChI is InChI=1S/C14H22N2O3/c1-3-16-6-4-11(10-16)8-15-9-12-5-7-19-13(12)14(17)18-2/h5,7,11,15H,3-4,6,8-10H2,1-2H3. The van der Waals surface area contributed by atoms with Gasteiger partial charge in [-0.05, 0) is 38.0 Å². The van der Waals surface area contributed by atoms with Gasteiger partial charge in [0.2, 0.25) is 5.76 Å². The van der Waals surface area contributed by atoms with Crippen LogP contribution in [0.4, 0.5) is 0 Å². The highest BCUT2D eigenvalue weighted by molar-refractivity contribution is 5.87. The van der Waals surface area contributed by atoms with Crippen LogP contribution in [-0.2, 0) is 11.3 Å². The van der Waals surface area contributed by atoms with E-state index >= 15 is 0 Å². The molecule has 5 nitrogen and oxygen atoms in total. The average Bonchev–Trinajstić information content (AvgIpc) is 3.06. The molecule has 5 heteroatoms. The van der Waals surface area contributed by atoms with Gasteiger partial charge in [-0.3, -0.25) is 0 Å². The van der Waals surface area contributed by atoms with Gasteiger partial charge in [0.25, 0.3) is 0 Å². The van der Waals surface area contributed by atoms with Gasteiger partial charge in [-0.1, -0.05) is 6.92 Å². The number of likely N-dealkylation sites (tertiary alicyclic amines) is 1. The van der Waals surface area contributed by atoms with Crippen molar-refractivity contribution in [3.63, 3.8) is 0 Å². The van der Waals surface area contributed by atoms with E-state index in [2.05, 4.69) is 21.9 Å². The lowest BCUT2D eigenvalue weighted by Gasteiger charge is -2.13. The molecule has 2 heterocycles. The highest BCUT2D eigenvalue weighted by Crippen LogP contribution is 2.15. The molecule has 1 aromatic rings. The second kappa shape index (κ2) is 6.73. The van der Waals surface area contributed by atoms with Crippen LogP contribution in [0.5, 0.6) is 0 Å². The zero-order valence-corrected chi connectivity index (χ0v) is 11.6. The van der Waals surface area contributed by atoms with Crippen LogP contribution in [0, 0.1) is 5.92 Å². The van der Waals surface area contributed by atoms with E-state index in [1.165, 1.54) is 32.9 Å². The SMILES string of the molecule is CCN1CCC(CNCc2ccoc2C(=O)OC)C1. The van der Waals surface area contributed by atoms with Crippen LogP contribution in [0.3, 0.4) is 0 Å². The largest absolute Gasteiger partial charge is 0.463 e. The molecule has 1 fully saturated rings. The van der Waals surface area contributed by atoms with Crippen LogP contribution in [-0.4, -0.2) is 44.2 Å². The third-order valence-corrected chi connectivity index (χ3v) is 3.68. The third kappa shape index (κ3) is 3.58. The monoisotopic (exact) mass is 266 g/mol. The molecule has 1 saturated heterocycles. The summed E-state index contributed by atoms with van der Waals surface area (Å²) in [5.41, 5.74) is 0.859. The molecule has 0 bridgehead atoms. The van der Waals surface area contributed by atoms with E-state index in [1.54, 1.807) is 0 Å². The summed E-state index contributed by atoms with van der Waals surface area (Å²) in [7, 11) is 1.36. The normalized spacial score (nSPS) is 19.8. The fourth-order valence-corrected chi connectivity index (χ4v) is 2.52. The fraction of sp³-hybridized carbons (Fsp3) is 0.643. The maximum Gasteiger partial charge on any atom is 0.374 e. The first-order chi connectivity index (χ1) is 9.24. The zero-order chi connectivity index (χ0) is 13.7. The quantitative estimate of drug-likeness (QED) is 0.791. The Kier molecular flexibility index (Phi) is 4.99. The number of furan rings is 1. The lowest BCUT2D eigenvalue weighted by atomic mass is 10.1. The lowest BCUT2D eigenvalue weighted by Crippen LogP contribution is -2.26. The number of methoxy groups -OCH3 is 1. The highest BCUT2D eigenvalue weighted by Gasteiger charge is 2.21. The summed E-state index contributed by atoms with van der Waals surface area (Å²) >= 11 is 0. The first-order valence-corrected chi connectivity index (χ1v) is 6.82.